The van der Waals surface area contributed by atoms with Crippen LogP contribution in [0.1, 0.15) is 28.8 Å². The summed E-state index contributed by atoms with van der Waals surface area (Å²) in [5, 5.41) is 3.39. The fourth-order valence-electron chi connectivity index (χ4n) is 2.28. The molecule has 0 unspecified atom stereocenters. The van der Waals surface area contributed by atoms with Crippen molar-refractivity contribution in [1.29, 1.82) is 0 Å². The van der Waals surface area contributed by atoms with E-state index in [1.165, 1.54) is 7.11 Å². The lowest BCUT2D eigenvalue weighted by molar-refractivity contribution is -0.116. The number of hydrogen-bond donors (Lipinski definition) is 1. The third-order valence-corrected chi connectivity index (χ3v) is 3.78. The van der Waals surface area contributed by atoms with Crippen molar-refractivity contribution in [3.63, 3.8) is 0 Å². The molecule has 2 rings (SSSR count). The Balaban J connectivity index is 1.82. The van der Waals surface area contributed by atoms with Gasteiger partial charge in [-0.2, -0.15) is 0 Å². The number of esters is 1. The molecule has 0 fully saturated rings. The molecule has 0 heterocycles. The first-order valence-electron chi connectivity index (χ1n) is 7.87. The van der Waals surface area contributed by atoms with Crippen LogP contribution < -0.4 is 10.1 Å². The molecule has 1 N–H and O–H groups in total. The minimum atomic E-state index is -0.488. The zero-order valence-corrected chi connectivity index (χ0v) is 14.9. The van der Waals surface area contributed by atoms with E-state index in [9.17, 15) is 9.59 Å². The summed E-state index contributed by atoms with van der Waals surface area (Å²) in [5.74, 6) is 0.0751. The average Bonchev–Trinajstić information content (AvgIpc) is 2.60. The number of benzene rings is 2. The van der Waals surface area contributed by atoms with Crippen molar-refractivity contribution in [2.24, 2.45) is 0 Å². The molecule has 0 aliphatic heterocycles. The highest BCUT2D eigenvalue weighted by Crippen LogP contribution is 2.22. The molecule has 5 nitrogen and oxygen atoms in total. The number of hydrogen-bond acceptors (Lipinski definition) is 4. The van der Waals surface area contributed by atoms with Crippen molar-refractivity contribution in [2.45, 2.75) is 19.8 Å². The van der Waals surface area contributed by atoms with Gasteiger partial charge in [0.05, 0.1) is 25.0 Å². The number of para-hydroxylation sites is 1. The molecule has 1 amide bonds. The van der Waals surface area contributed by atoms with E-state index in [1.807, 2.05) is 19.1 Å². The standard InChI is InChI=1S/C19H20ClNO4/c1-13-12-14(20)9-10-17(13)25-11-5-8-18(22)21-16-7-4-3-6-15(16)19(23)24-2/h3-4,6-7,9-10,12H,5,8,11H2,1-2H3,(H,21,22). The molecular weight excluding hydrogens is 342 g/mol. The second kappa shape index (κ2) is 9.08. The van der Waals surface area contributed by atoms with Crippen molar-refractivity contribution in [2.75, 3.05) is 19.0 Å². The monoisotopic (exact) mass is 361 g/mol. The van der Waals surface area contributed by atoms with Crippen molar-refractivity contribution < 1.29 is 19.1 Å². The van der Waals surface area contributed by atoms with Gasteiger partial charge in [-0.1, -0.05) is 23.7 Å². The molecule has 0 saturated carbocycles. The van der Waals surface area contributed by atoms with Crippen LogP contribution >= 0.6 is 11.6 Å². The van der Waals surface area contributed by atoms with E-state index >= 15 is 0 Å². The van der Waals surface area contributed by atoms with Gasteiger partial charge >= 0.3 is 5.97 Å². The molecule has 0 spiro atoms. The van der Waals surface area contributed by atoms with Gasteiger partial charge in [0.1, 0.15) is 5.75 Å². The second-order valence-corrected chi connectivity index (χ2v) is 5.88. The van der Waals surface area contributed by atoms with Gasteiger partial charge in [0.2, 0.25) is 5.91 Å². The fourth-order valence-corrected chi connectivity index (χ4v) is 2.51. The quantitative estimate of drug-likeness (QED) is 0.592. The highest BCUT2D eigenvalue weighted by molar-refractivity contribution is 6.30. The molecule has 132 valence electrons. The first kappa shape index (κ1) is 18.8. The molecule has 0 aromatic heterocycles. The maximum Gasteiger partial charge on any atom is 0.339 e. The predicted molar refractivity (Wildman–Crippen MR) is 97.3 cm³/mol. The lowest BCUT2D eigenvalue weighted by Gasteiger charge is -2.11. The van der Waals surface area contributed by atoms with Crippen LogP contribution in [0.25, 0.3) is 0 Å². The Hall–Kier alpha value is -2.53. The topological polar surface area (TPSA) is 64.6 Å². The van der Waals surface area contributed by atoms with Gasteiger partial charge in [-0.15, -0.1) is 0 Å². The lowest BCUT2D eigenvalue weighted by atomic mass is 10.1. The van der Waals surface area contributed by atoms with Crippen LogP contribution in [0.4, 0.5) is 5.69 Å². The summed E-state index contributed by atoms with van der Waals surface area (Å²) in [6.45, 7) is 2.33. The number of anilines is 1. The Bertz CT molecular complexity index is 761. The highest BCUT2D eigenvalue weighted by Gasteiger charge is 2.13. The minimum absolute atomic E-state index is 0.187. The molecular formula is C19H20ClNO4. The number of amides is 1. The smallest absolute Gasteiger partial charge is 0.339 e. The van der Waals surface area contributed by atoms with E-state index in [2.05, 4.69) is 5.32 Å². The van der Waals surface area contributed by atoms with E-state index in [-0.39, 0.29) is 12.3 Å². The van der Waals surface area contributed by atoms with Crippen LogP contribution in [0.15, 0.2) is 42.5 Å². The predicted octanol–water partition coefficient (Wildman–Crippen LogP) is 4.23. The Morgan fingerprint density at radius 3 is 2.64 bits per heavy atom. The van der Waals surface area contributed by atoms with Crippen molar-refractivity contribution in [1.82, 2.24) is 0 Å². The number of methoxy groups -OCH3 is 1. The highest BCUT2D eigenvalue weighted by atomic mass is 35.5. The van der Waals surface area contributed by atoms with E-state index in [1.54, 1.807) is 30.3 Å². The molecule has 0 aliphatic carbocycles. The number of carbonyl (C=O) groups is 2. The van der Waals surface area contributed by atoms with Gasteiger partial charge in [0.15, 0.2) is 0 Å². The Morgan fingerprint density at radius 1 is 1.16 bits per heavy atom. The van der Waals surface area contributed by atoms with E-state index < -0.39 is 5.97 Å². The zero-order chi connectivity index (χ0) is 18.2. The van der Waals surface area contributed by atoms with Crippen LogP contribution in [0.2, 0.25) is 5.02 Å². The van der Waals surface area contributed by atoms with Gasteiger partial charge < -0.3 is 14.8 Å². The third kappa shape index (κ3) is 5.50. The maximum atomic E-state index is 12.1. The van der Waals surface area contributed by atoms with Gasteiger partial charge in [0.25, 0.3) is 0 Å². The summed E-state index contributed by atoms with van der Waals surface area (Å²) in [6, 6.07) is 12.1. The average molecular weight is 362 g/mol. The van der Waals surface area contributed by atoms with E-state index in [0.29, 0.717) is 29.3 Å². The molecule has 25 heavy (non-hydrogen) atoms. The van der Waals surface area contributed by atoms with Crippen LogP contribution in [-0.4, -0.2) is 25.6 Å². The van der Waals surface area contributed by atoms with Gasteiger partial charge in [0, 0.05) is 11.4 Å². The summed E-state index contributed by atoms with van der Waals surface area (Å²) >= 11 is 5.90. The number of carbonyl (C=O) groups excluding carboxylic acids is 2. The van der Waals surface area contributed by atoms with Crippen LogP contribution in [0.5, 0.6) is 5.75 Å². The number of halogens is 1. The molecule has 2 aromatic carbocycles. The van der Waals surface area contributed by atoms with E-state index in [0.717, 1.165) is 11.3 Å². The Labute approximate surface area is 151 Å². The summed E-state index contributed by atoms with van der Waals surface area (Å²) in [4.78, 5) is 23.7. The molecule has 0 radical (unpaired) electrons. The second-order valence-electron chi connectivity index (χ2n) is 5.45. The van der Waals surface area contributed by atoms with Gasteiger partial charge in [-0.3, -0.25) is 4.79 Å². The fraction of sp³-hybridized carbons (Fsp3) is 0.263. The summed E-state index contributed by atoms with van der Waals surface area (Å²) in [5.41, 5.74) is 1.71. The molecule has 0 saturated heterocycles. The Kier molecular flexibility index (Phi) is 6.83. The molecule has 0 aliphatic rings. The number of nitrogens with one attached hydrogen (secondary N) is 1. The molecule has 0 bridgehead atoms. The lowest BCUT2D eigenvalue weighted by Crippen LogP contribution is -2.16. The van der Waals surface area contributed by atoms with Crippen LogP contribution in [-0.2, 0) is 9.53 Å². The zero-order valence-electron chi connectivity index (χ0n) is 14.2. The molecule has 6 heteroatoms. The maximum absolute atomic E-state index is 12.1. The van der Waals surface area contributed by atoms with E-state index in [4.69, 9.17) is 21.1 Å². The number of ether oxygens (including phenoxy) is 2. The summed E-state index contributed by atoms with van der Waals surface area (Å²) in [7, 11) is 1.30. The normalized spacial score (nSPS) is 10.2. The van der Waals surface area contributed by atoms with Crippen molar-refractivity contribution in [3.05, 3.63) is 58.6 Å². The van der Waals surface area contributed by atoms with Crippen LogP contribution in [0.3, 0.4) is 0 Å². The SMILES string of the molecule is COC(=O)c1ccccc1NC(=O)CCCOc1ccc(Cl)cc1C. The summed E-state index contributed by atoms with van der Waals surface area (Å²) < 4.78 is 10.4. The van der Waals surface area contributed by atoms with Gasteiger partial charge in [-0.25, -0.2) is 4.79 Å². The molecule has 2 aromatic rings. The van der Waals surface area contributed by atoms with Crippen molar-refractivity contribution in [3.8, 4) is 5.75 Å². The van der Waals surface area contributed by atoms with Crippen LogP contribution in [0, 0.1) is 6.92 Å². The number of aryl methyl sites for hydroxylation is 1. The van der Waals surface area contributed by atoms with Crippen molar-refractivity contribution >= 4 is 29.2 Å². The minimum Gasteiger partial charge on any atom is -0.493 e. The largest absolute Gasteiger partial charge is 0.493 e. The first-order valence-corrected chi connectivity index (χ1v) is 8.25. The number of rotatable bonds is 7. The molecule has 0 atom stereocenters. The third-order valence-electron chi connectivity index (χ3n) is 3.55. The first-order chi connectivity index (χ1) is 12.0. The van der Waals surface area contributed by atoms with Gasteiger partial charge in [-0.05, 0) is 49.2 Å². The Morgan fingerprint density at radius 2 is 1.92 bits per heavy atom. The summed E-state index contributed by atoms with van der Waals surface area (Å²) in [6.07, 6.45) is 0.830.